The van der Waals surface area contributed by atoms with Crippen molar-refractivity contribution in [3.63, 3.8) is 0 Å². The van der Waals surface area contributed by atoms with E-state index in [1.807, 2.05) is 0 Å². The van der Waals surface area contributed by atoms with Crippen molar-refractivity contribution in [1.82, 2.24) is 4.31 Å². The van der Waals surface area contributed by atoms with Crippen LogP contribution in [0, 0.1) is 22.2 Å². The summed E-state index contributed by atoms with van der Waals surface area (Å²) in [5.41, 5.74) is 0.535. The van der Waals surface area contributed by atoms with Crippen molar-refractivity contribution in [2.45, 2.75) is 57.4 Å². The summed E-state index contributed by atoms with van der Waals surface area (Å²) in [7, 11) is -3.63. The molecule has 7 heteroatoms. The number of benzene rings is 1. The molecule has 1 amide bonds. The van der Waals surface area contributed by atoms with E-state index in [0.29, 0.717) is 12.2 Å². The van der Waals surface area contributed by atoms with E-state index >= 15 is 0 Å². The van der Waals surface area contributed by atoms with E-state index < -0.39 is 15.9 Å². The average Bonchev–Trinajstić information content (AvgIpc) is 2.77. The number of nitrogens with one attached hydrogen (secondary N) is 1. The molecule has 2 aliphatic rings. The lowest BCUT2D eigenvalue weighted by Gasteiger charge is -2.39. The van der Waals surface area contributed by atoms with E-state index in [1.54, 1.807) is 28.6 Å². The van der Waals surface area contributed by atoms with Gasteiger partial charge in [0, 0.05) is 18.3 Å². The van der Waals surface area contributed by atoms with Gasteiger partial charge in [0.2, 0.25) is 15.9 Å². The maximum Gasteiger partial charge on any atom is 0.243 e. The molecule has 1 heterocycles. The van der Waals surface area contributed by atoms with Gasteiger partial charge < -0.3 is 5.32 Å². The second kappa shape index (κ2) is 6.36. The van der Waals surface area contributed by atoms with E-state index in [1.165, 1.54) is 6.07 Å². The van der Waals surface area contributed by atoms with Gasteiger partial charge in [-0.05, 0) is 48.3 Å². The number of carbonyl (C=O) groups is 1. The van der Waals surface area contributed by atoms with Crippen molar-refractivity contribution < 1.29 is 13.2 Å². The lowest BCUT2D eigenvalue weighted by molar-refractivity contribution is -0.115. The summed E-state index contributed by atoms with van der Waals surface area (Å²) in [6.45, 7) is 7.13. The van der Waals surface area contributed by atoms with Crippen LogP contribution < -0.4 is 5.32 Å². The molecular formula is C19H25N3O3S. The summed E-state index contributed by atoms with van der Waals surface area (Å²) < 4.78 is 28.2. The predicted molar refractivity (Wildman–Crippen MR) is 98.7 cm³/mol. The van der Waals surface area contributed by atoms with Gasteiger partial charge >= 0.3 is 0 Å². The average molecular weight is 375 g/mol. The molecule has 0 radical (unpaired) electrons. The summed E-state index contributed by atoms with van der Waals surface area (Å²) in [4.78, 5) is 11.8. The standard InChI is InChI=1S/C19H25N3O3S/c1-18(2)10-15-11-19(3,12-18)13-22(15)26(24,25)16-6-4-5-14(9-16)21-17(23)7-8-20/h4-6,9,15H,7,10-13H2,1-3H3,(H,21,23). The summed E-state index contributed by atoms with van der Waals surface area (Å²) in [6, 6.07) is 8.07. The van der Waals surface area contributed by atoms with Gasteiger partial charge in [0.25, 0.3) is 0 Å². The number of hydrogen-bond acceptors (Lipinski definition) is 4. The van der Waals surface area contributed by atoms with Gasteiger partial charge in [-0.2, -0.15) is 9.57 Å². The first-order valence-corrected chi connectivity index (χ1v) is 10.3. The zero-order valence-corrected chi connectivity index (χ0v) is 16.3. The minimum Gasteiger partial charge on any atom is -0.325 e. The van der Waals surface area contributed by atoms with Crippen molar-refractivity contribution in [2.75, 3.05) is 11.9 Å². The fraction of sp³-hybridized carbons (Fsp3) is 0.579. The lowest BCUT2D eigenvalue weighted by Crippen LogP contribution is -2.37. The quantitative estimate of drug-likeness (QED) is 0.875. The first-order chi connectivity index (χ1) is 12.0. The zero-order valence-electron chi connectivity index (χ0n) is 15.4. The Morgan fingerprint density at radius 3 is 2.77 bits per heavy atom. The lowest BCUT2D eigenvalue weighted by atomic mass is 9.65. The van der Waals surface area contributed by atoms with Crippen molar-refractivity contribution in [1.29, 1.82) is 5.26 Å². The number of amides is 1. The van der Waals surface area contributed by atoms with Gasteiger partial charge in [-0.15, -0.1) is 0 Å². The number of sulfonamides is 1. The highest BCUT2D eigenvalue weighted by Crippen LogP contribution is 2.53. The van der Waals surface area contributed by atoms with Crippen molar-refractivity contribution in [3.8, 4) is 6.07 Å². The van der Waals surface area contributed by atoms with Gasteiger partial charge in [-0.25, -0.2) is 8.42 Å². The molecule has 2 fully saturated rings. The molecule has 1 aliphatic carbocycles. The van der Waals surface area contributed by atoms with Gasteiger partial charge in [0.1, 0.15) is 6.42 Å². The number of fused-ring (bicyclic) bond motifs is 2. The Morgan fingerprint density at radius 1 is 1.35 bits per heavy atom. The summed E-state index contributed by atoms with van der Waals surface area (Å²) >= 11 is 0. The third-order valence-corrected chi connectivity index (χ3v) is 7.23. The summed E-state index contributed by atoms with van der Waals surface area (Å²) in [5, 5.41) is 11.2. The minimum atomic E-state index is -3.63. The largest absolute Gasteiger partial charge is 0.325 e. The van der Waals surface area contributed by atoms with Crippen LogP contribution in [0.4, 0.5) is 5.69 Å². The number of hydrogen-bond donors (Lipinski definition) is 1. The van der Waals surface area contributed by atoms with Crippen LogP contribution in [0.25, 0.3) is 0 Å². The maximum absolute atomic E-state index is 13.3. The van der Waals surface area contributed by atoms with Crippen LogP contribution in [0.15, 0.2) is 29.2 Å². The van der Waals surface area contributed by atoms with Gasteiger partial charge in [0.05, 0.1) is 11.0 Å². The van der Waals surface area contributed by atoms with Crippen LogP contribution in [-0.4, -0.2) is 31.2 Å². The number of rotatable bonds is 4. The fourth-order valence-electron chi connectivity index (χ4n) is 4.84. The fourth-order valence-corrected chi connectivity index (χ4v) is 6.66. The monoisotopic (exact) mass is 375 g/mol. The summed E-state index contributed by atoms with van der Waals surface area (Å²) in [5.74, 6) is -0.451. The van der Waals surface area contributed by atoms with Gasteiger partial charge in [-0.3, -0.25) is 4.79 Å². The molecule has 6 nitrogen and oxygen atoms in total. The molecule has 1 N–H and O–H groups in total. The smallest absolute Gasteiger partial charge is 0.243 e. The van der Waals surface area contributed by atoms with Crippen LogP contribution in [0.5, 0.6) is 0 Å². The molecule has 0 spiro atoms. The number of nitrogens with zero attached hydrogens (tertiary/aromatic N) is 2. The molecule has 2 atom stereocenters. The van der Waals surface area contributed by atoms with Crippen LogP contribution in [0.2, 0.25) is 0 Å². The van der Waals surface area contributed by atoms with E-state index in [4.69, 9.17) is 5.26 Å². The van der Waals surface area contributed by atoms with Gasteiger partial charge in [-0.1, -0.05) is 26.8 Å². The maximum atomic E-state index is 13.3. The Morgan fingerprint density at radius 2 is 2.08 bits per heavy atom. The highest BCUT2D eigenvalue weighted by Gasteiger charge is 2.53. The highest BCUT2D eigenvalue weighted by molar-refractivity contribution is 7.89. The first kappa shape index (κ1) is 18.9. The molecule has 1 aromatic carbocycles. The second-order valence-corrected chi connectivity index (χ2v) is 10.6. The SMILES string of the molecule is CC1(C)CC2CC(C)(CN2S(=O)(=O)c2cccc(NC(=O)CC#N)c2)C1. The third kappa shape index (κ3) is 3.62. The van der Waals surface area contributed by atoms with Crippen molar-refractivity contribution in [3.05, 3.63) is 24.3 Å². The molecule has 1 saturated heterocycles. The van der Waals surface area contributed by atoms with E-state index in [-0.39, 0.29) is 28.2 Å². The molecule has 1 saturated carbocycles. The molecule has 2 unspecified atom stereocenters. The van der Waals surface area contributed by atoms with Crippen LogP contribution in [-0.2, 0) is 14.8 Å². The molecule has 0 aromatic heterocycles. The molecule has 3 rings (SSSR count). The predicted octanol–water partition coefficient (Wildman–Crippen LogP) is 3.13. The van der Waals surface area contributed by atoms with Crippen LogP contribution in [0.1, 0.15) is 46.5 Å². The summed E-state index contributed by atoms with van der Waals surface area (Å²) in [6.07, 6.45) is 2.51. The Balaban J connectivity index is 1.88. The number of carbonyl (C=O) groups excluding carboxylic acids is 1. The Hall–Kier alpha value is -1.91. The molecule has 2 bridgehead atoms. The Bertz CT molecular complexity index is 872. The highest BCUT2D eigenvalue weighted by atomic mass is 32.2. The van der Waals surface area contributed by atoms with Crippen LogP contribution >= 0.6 is 0 Å². The van der Waals surface area contributed by atoms with Gasteiger partial charge in [0.15, 0.2) is 0 Å². The number of anilines is 1. The molecule has 1 aliphatic heterocycles. The molecule has 26 heavy (non-hydrogen) atoms. The topological polar surface area (TPSA) is 90.3 Å². The van der Waals surface area contributed by atoms with E-state index in [2.05, 4.69) is 26.1 Å². The van der Waals surface area contributed by atoms with Crippen molar-refractivity contribution >= 4 is 21.6 Å². The third-order valence-electron chi connectivity index (χ3n) is 5.33. The molecular weight excluding hydrogens is 350 g/mol. The Kier molecular flexibility index (Phi) is 4.62. The molecule has 1 aromatic rings. The van der Waals surface area contributed by atoms with E-state index in [9.17, 15) is 13.2 Å². The van der Waals surface area contributed by atoms with Crippen molar-refractivity contribution in [2.24, 2.45) is 10.8 Å². The second-order valence-electron chi connectivity index (χ2n) is 8.67. The number of nitriles is 1. The zero-order chi connectivity index (χ0) is 19.2. The Labute approximate surface area is 155 Å². The first-order valence-electron chi connectivity index (χ1n) is 8.83. The van der Waals surface area contributed by atoms with E-state index in [0.717, 1.165) is 19.3 Å². The van der Waals surface area contributed by atoms with Crippen LogP contribution in [0.3, 0.4) is 0 Å². The normalized spacial score (nSPS) is 27.7. The minimum absolute atomic E-state index is 0.0120. The molecule has 140 valence electrons.